The molecule has 43 heavy (non-hydrogen) atoms. The van der Waals surface area contributed by atoms with Crippen molar-refractivity contribution in [1.29, 1.82) is 0 Å². The van der Waals surface area contributed by atoms with Gasteiger partial charge in [0, 0.05) is 35.4 Å². The molecule has 0 spiro atoms. The molecule has 13 heteroatoms. The molecule has 4 aromatic rings. The van der Waals surface area contributed by atoms with Crippen molar-refractivity contribution in [3.05, 3.63) is 82.0 Å². The summed E-state index contributed by atoms with van der Waals surface area (Å²) in [5.41, 5.74) is -0.0960. The van der Waals surface area contributed by atoms with Gasteiger partial charge in [0.05, 0.1) is 6.61 Å². The first kappa shape index (κ1) is 29.6. The van der Waals surface area contributed by atoms with Crippen LogP contribution in [-0.4, -0.2) is 77.8 Å². The molecule has 1 saturated heterocycles. The second kappa shape index (κ2) is 11.8. The normalized spacial score (nSPS) is 22.2. The molecule has 5 rings (SSSR count). The minimum atomic E-state index is -1.66. The third-order valence-electron chi connectivity index (χ3n) is 6.91. The monoisotopic (exact) mass is 594 g/mol. The first-order valence-electron chi connectivity index (χ1n) is 12.8. The summed E-state index contributed by atoms with van der Waals surface area (Å²) in [6.45, 7) is -0.651. The zero-order chi connectivity index (χ0) is 31.0. The van der Waals surface area contributed by atoms with Crippen molar-refractivity contribution in [2.24, 2.45) is 0 Å². The van der Waals surface area contributed by atoms with E-state index in [0.717, 1.165) is 24.3 Å². The van der Waals surface area contributed by atoms with Crippen LogP contribution in [0.15, 0.2) is 69.9 Å². The molecule has 3 aromatic carbocycles. The molecule has 0 bridgehead atoms. The molecular weight excluding hydrogens is 568 g/mol. The molecule has 5 unspecified atom stereocenters. The Hall–Kier alpha value is -4.92. The van der Waals surface area contributed by atoms with E-state index in [1.54, 1.807) is 0 Å². The summed E-state index contributed by atoms with van der Waals surface area (Å²) in [4.78, 5) is 25.2. The van der Waals surface area contributed by atoms with Crippen LogP contribution in [0.5, 0.6) is 28.7 Å². The number of esters is 1. The second-order valence-electron chi connectivity index (χ2n) is 9.82. The maximum Gasteiger partial charge on any atom is 0.336 e. The second-order valence-corrected chi connectivity index (χ2v) is 9.82. The first-order chi connectivity index (χ1) is 20.5. The van der Waals surface area contributed by atoms with Crippen molar-refractivity contribution in [2.45, 2.75) is 30.5 Å². The number of hydrogen-bond acceptors (Lipinski definition) is 13. The number of carbonyl (C=O) groups excluding carboxylic acids is 1. The molecule has 224 valence electrons. The van der Waals surface area contributed by atoms with Gasteiger partial charge in [0.15, 0.2) is 16.9 Å². The van der Waals surface area contributed by atoms with Gasteiger partial charge in [-0.3, -0.25) is 4.79 Å². The lowest BCUT2D eigenvalue weighted by Gasteiger charge is -2.40. The van der Waals surface area contributed by atoms with E-state index in [-0.39, 0.29) is 45.1 Å². The minimum absolute atomic E-state index is 0.000146. The van der Waals surface area contributed by atoms with Crippen molar-refractivity contribution in [1.82, 2.24) is 0 Å². The molecule has 13 nitrogen and oxygen atoms in total. The average molecular weight is 595 g/mol. The summed E-state index contributed by atoms with van der Waals surface area (Å²) < 4.78 is 16.4. The molecule has 0 amide bonds. The molecule has 0 aliphatic carbocycles. The van der Waals surface area contributed by atoms with Gasteiger partial charge < -0.3 is 54.7 Å². The lowest BCUT2D eigenvalue weighted by atomic mass is 9.90. The van der Waals surface area contributed by atoms with E-state index >= 15 is 0 Å². The number of phenolic OH excluding ortho intramolecular Hbond substituents is 4. The lowest BCUT2D eigenvalue weighted by molar-refractivity contribution is -0.232. The van der Waals surface area contributed by atoms with Crippen molar-refractivity contribution in [2.75, 3.05) is 6.61 Å². The van der Waals surface area contributed by atoms with Gasteiger partial charge in [-0.2, -0.15) is 0 Å². The van der Waals surface area contributed by atoms with Gasteiger partial charge in [-0.05, 0) is 42.0 Å². The van der Waals surface area contributed by atoms with Gasteiger partial charge in [-0.25, -0.2) is 4.79 Å². The fourth-order valence-electron chi connectivity index (χ4n) is 4.72. The molecule has 2 heterocycles. The van der Waals surface area contributed by atoms with Gasteiger partial charge in [0.25, 0.3) is 0 Å². The Morgan fingerprint density at radius 1 is 0.860 bits per heavy atom. The highest BCUT2D eigenvalue weighted by Gasteiger charge is 2.44. The molecule has 0 saturated carbocycles. The molecule has 8 N–H and O–H groups in total. The highest BCUT2D eigenvalue weighted by atomic mass is 16.5. The molecular formula is C30H26O13. The number of aromatic hydroxyl groups is 4. The van der Waals surface area contributed by atoms with E-state index in [4.69, 9.17) is 13.9 Å². The quantitative estimate of drug-likeness (QED) is 0.0898. The summed E-state index contributed by atoms with van der Waals surface area (Å²) >= 11 is 0. The van der Waals surface area contributed by atoms with Crippen LogP contribution in [0, 0.1) is 0 Å². The molecule has 0 radical (unpaired) electrons. The van der Waals surface area contributed by atoms with Crippen LogP contribution in [0.1, 0.15) is 17.2 Å². The Balaban J connectivity index is 1.36. The van der Waals surface area contributed by atoms with E-state index in [1.807, 2.05) is 0 Å². The molecule has 1 aliphatic rings. The third-order valence-corrected chi connectivity index (χ3v) is 6.91. The maximum absolute atomic E-state index is 12.6. The van der Waals surface area contributed by atoms with Gasteiger partial charge in [0.1, 0.15) is 64.5 Å². The van der Waals surface area contributed by atoms with E-state index < -0.39 is 60.0 Å². The number of hydrogen-bond donors (Lipinski definition) is 8. The number of ether oxygens (including phenoxy) is 2. The van der Waals surface area contributed by atoms with Crippen LogP contribution < -0.4 is 10.2 Å². The number of rotatable bonds is 6. The van der Waals surface area contributed by atoms with E-state index in [9.17, 15) is 50.4 Å². The number of phenols is 4. The topological polar surface area (TPSA) is 228 Å². The summed E-state index contributed by atoms with van der Waals surface area (Å²) in [7, 11) is 0. The summed E-state index contributed by atoms with van der Waals surface area (Å²) in [6, 6.07) is 11.1. The fraction of sp³-hybridized carbons (Fsp3) is 0.200. The van der Waals surface area contributed by atoms with Crippen LogP contribution in [0.4, 0.5) is 0 Å². The zero-order valence-electron chi connectivity index (χ0n) is 22.1. The third kappa shape index (κ3) is 5.88. The van der Waals surface area contributed by atoms with Crippen LogP contribution in [0.2, 0.25) is 0 Å². The smallest absolute Gasteiger partial charge is 0.336 e. The standard InChI is InChI=1S/C30H26O13/c31-12-24-27(38)28(39)29(40)30(43-24)16-7-13(1-4-17(16)33)2-6-25(37)42-22-8-14(3-5-18(22)34)21-11-20(36)26-19(35)9-15(32)10-23(26)41-21/h1-11,24,27-35,38-40H,12H2. The van der Waals surface area contributed by atoms with Crippen molar-refractivity contribution in [3.63, 3.8) is 0 Å². The van der Waals surface area contributed by atoms with Gasteiger partial charge in [-0.1, -0.05) is 6.07 Å². The van der Waals surface area contributed by atoms with Crippen LogP contribution >= 0.6 is 0 Å². The Morgan fingerprint density at radius 2 is 1.60 bits per heavy atom. The highest BCUT2D eigenvalue weighted by molar-refractivity contribution is 5.89. The van der Waals surface area contributed by atoms with Gasteiger partial charge >= 0.3 is 5.97 Å². The summed E-state index contributed by atoms with van der Waals surface area (Å²) in [5, 5.41) is 80.1. The number of fused-ring (bicyclic) bond motifs is 1. The molecule has 1 aromatic heterocycles. The number of aliphatic hydroxyl groups excluding tert-OH is 4. The minimum Gasteiger partial charge on any atom is -0.508 e. The molecule has 5 atom stereocenters. The Morgan fingerprint density at radius 3 is 2.35 bits per heavy atom. The fourth-order valence-corrected chi connectivity index (χ4v) is 4.72. The van der Waals surface area contributed by atoms with E-state index in [1.165, 1.54) is 42.5 Å². The summed E-state index contributed by atoms with van der Waals surface area (Å²) in [6.07, 6.45) is -5.05. The first-order valence-corrected chi connectivity index (χ1v) is 12.8. The van der Waals surface area contributed by atoms with Gasteiger partial charge in [0.2, 0.25) is 0 Å². The highest BCUT2D eigenvalue weighted by Crippen LogP contribution is 2.38. The van der Waals surface area contributed by atoms with Crippen molar-refractivity contribution < 1.29 is 59.5 Å². The SMILES string of the molecule is O=C(C=Cc1ccc(O)c(C2OC(CO)C(O)C(O)C2O)c1)Oc1cc(-c2cc(=O)c3c(O)cc(O)cc3o2)ccc1O. The van der Waals surface area contributed by atoms with Crippen molar-refractivity contribution >= 4 is 23.0 Å². The average Bonchev–Trinajstić information content (AvgIpc) is 2.96. The predicted molar refractivity (Wildman–Crippen MR) is 148 cm³/mol. The Bertz CT molecular complexity index is 1770. The lowest BCUT2D eigenvalue weighted by Crippen LogP contribution is -2.55. The maximum atomic E-state index is 12.6. The van der Waals surface area contributed by atoms with Crippen LogP contribution in [0.25, 0.3) is 28.4 Å². The largest absolute Gasteiger partial charge is 0.508 e. The molecule has 1 fully saturated rings. The predicted octanol–water partition coefficient (Wildman–Crippen LogP) is 1.42. The van der Waals surface area contributed by atoms with Crippen LogP contribution in [0.3, 0.4) is 0 Å². The Labute approximate surface area is 242 Å². The number of benzene rings is 3. The van der Waals surface area contributed by atoms with Crippen molar-refractivity contribution in [3.8, 4) is 40.1 Å². The van der Waals surface area contributed by atoms with E-state index in [0.29, 0.717) is 5.56 Å². The van der Waals surface area contributed by atoms with Crippen LogP contribution in [-0.2, 0) is 9.53 Å². The Kier molecular flexibility index (Phi) is 8.08. The molecule has 1 aliphatic heterocycles. The van der Waals surface area contributed by atoms with E-state index in [2.05, 4.69) is 0 Å². The number of carbonyl (C=O) groups is 1. The summed E-state index contributed by atoms with van der Waals surface area (Å²) in [5.74, 6) is -2.70. The number of aliphatic hydroxyl groups is 4. The van der Waals surface area contributed by atoms with Gasteiger partial charge in [-0.15, -0.1) is 0 Å². The zero-order valence-corrected chi connectivity index (χ0v) is 22.1.